The molecular formula is C8H8N2S. The van der Waals surface area contributed by atoms with E-state index in [1.165, 1.54) is 6.33 Å². The molecule has 2 aromatic heterocycles. The summed E-state index contributed by atoms with van der Waals surface area (Å²) in [7, 11) is 0. The predicted molar refractivity (Wildman–Crippen MR) is 46.4 cm³/mol. The van der Waals surface area contributed by atoms with Crippen LogP contribution in [0.3, 0.4) is 0 Å². The third-order valence-corrected chi connectivity index (χ3v) is 1.53. The van der Waals surface area contributed by atoms with Gasteiger partial charge in [0.1, 0.15) is 6.33 Å². The fourth-order valence-corrected chi connectivity index (χ4v) is 0.934. The summed E-state index contributed by atoms with van der Waals surface area (Å²) in [6, 6.07) is 5.81. The van der Waals surface area contributed by atoms with E-state index in [0.717, 1.165) is 0 Å². The third-order valence-electron chi connectivity index (χ3n) is 0.903. The quantitative estimate of drug-likeness (QED) is 0.596. The van der Waals surface area contributed by atoms with Gasteiger partial charge in [-0.15, -0.1) is 0 Å². The van der Waals surface area contributed by atoms with Crippen molar-refractivity contribution in [3.05, 3.63) is 47.7 Å². The summed E-state index contributed by atoms with van der Waals surface area (Å²) in [5.41, 5.74) is 0. The Kier molecular flexibility index (Phi) is 3.98. The van der Waals surface area contributed by atoms with Crippen LogP contribution >= 0.6 is 11.3 Å². The highest BCUT2D eigenvalue weighted by molar-refractivity contribution is 7.07. The minimum Gasteiger partial charge on any atom is -0.245 e. The zero-order valence-electron chi connectivity index (χ0n) is 5.92. The molecule has 0 fully saturated rings. The van der Waals surface area contributed by atoms with E-state index >= 15 is 0 Å². The minimum atomic E-state index is 1.50. The molecule has 0 saturated carbocycles. The maximum Gasteiger partial charge on any atom is 0.115 e. The Bertz CT molecular complexity index is 198. The second-order valence-electron chi connectivity index (χ2n) is 1.70. The van der Waals surface area contributed by atoms with Gasteiger partial charge in [-0.05, 0) is 16.8 Å². The molecule has 0 unspecified atom stereocenters. The van der Waals surface area contributed by atoms with E-state index in [4.69, 9.17) is 0 Å². The first kappa shape index (κ1) is 7.88. The van der Waals surface area contributed by atoms with E-state index in [2.05, 4.69) is 9.97 Å². The molecule has 0 atom stereocenters. The van der Waals surface area contributed by atoms with E-state index in [1.54, 1.807) is 29.8 Å². The van der Waals surface area contributed by atoms with Crippen LogP contribution in [0.15, 0.2) is 47.7 Å². The van der Waals surface area contributed by atoms with Gasteiger partial charge in [0.25, 0.3) is 0 Å². The molecule has 0 aliphatic rings. The van der Waals surface area contributed by atoms with Crippen molar-refractivity contribution in [2.45, 2.75) is 0 Å². The molecule has 0 bridgehead atoms. The maximum absolute atomic E-state index is 3.67. The Labute approximate surface area is 69.6 Å². The van der Waals surface area contributed by atoms with Gasteiger partial charge in [-0.25, -0.2) is 9.97 Å². The van der Waals surface area contributed by atoms with E-state index in [9.17, 15) is 0 Å². The second kappa shape index (κ2) is 5.56. The molecule has 2 heterocycles. The van der Waals surface area contributed by atoms with Crippen molar-refractivity contribution in [1.29, 1.82) is 0 Å². The summed E-state index contributed by atoms with van der Waals surface area (Å²) < 4.78 is 0. The van der Waals surface area contributed by atoms with E-state index in [1.807, 2.05) is 22.9 Å². The fraction of sp³-hybridized carbons (Fsp3) is 0. The summed E-state index contributed by atoms with van der Waals surface area (Å²) in [5.74, 6) is 0. The smallest absolute Gasteiger partial charge is 0.115 e. The Morgan fingerprint density at radius 3 is 1.64 bits per heavy atom. The average Bonchev–Trinajstić information content (AvgIpc) is 2.64. The minimum absolute atomic E-state index is 1.50. The monoisotopic (exact) mass is 164 g/mol. The molecule has 2 aromatic rings. The summed E-state index contributed by atoms with van der Waals surface area (Å²) >= 11 is 1.71. The fourth-order valence-electron chi connectivity index (χ4n) is 0.480. The van der Waals surface area contributed by atoms with Crippen molar-refractivity contribution < 1.29 is 0 Å². The van der Waals surface area contributed by atoms with Crippen molar-refractivity contribution in [1.82, 2.24) is 9.97 Å². The van der Waals surface area contributed by atoms with Gasteiger partial charge in [-0.1, -0.05) is 12.1 Å². The van der Waals surface area contributed by atoms with Crippen molar-refractivity contribution in [3.8, 4) is 0 Å². The second-order valence-corrected chi connectivity index (χ2v) is 2.51. The topological polar surface area (TPSA) is 25.8 Å². The van der Waals surface area contributed by atoms with Gasteiger partial charge in [-0.3, -0.25) is 0 Å². The van der Waals surface area contributed by atoms with Crippen LogP contribution < -0.4 is 0 Å². The molecule has 56 valence electrons. The third kappa shape index (κ3) is 4.22. The Hall–Kier alpha value is -1.22. The Morgan fingerprint density at radius 1 is 0.818 bits per heavy atom. The van der Waals surface area contributed by atoms with Gasteiger partial charge in [0.15, 0.2) is 0 Å². The molecule has 11 heavy (non-hydrogen) atoms. The van der Waals surface area contributed by atoms with Crippen LogP contribution in [0.5, 0.6) is 0 Å². The highest BCUT2D eigenvalue weighted by atomic mass is 32.1. The van der Waals surface area contributed by atoms with Crippen LogP contribution in [0, 0.1) is 0 Å². The molecule has 0 saturated heterocycles. The van der Waals surface area contributed by atoms with Gasteiger partial charge in [-0.2, -0.15) is 11.3 Å². The van der Waals surface area contributed by atoms with Crippen molar-refractivity contribution >= 4 is 11.3 Å². The van der Waals surface area contributed by atoms with Crippen LogP contribution in [-0.2, 0) is 0 Å². The number of aromatic nitrogens is 2. The predicted octanol–water partition coefficient (Wildman–Crippen LogP) is 2.22. The highest BCUT2D eigenvalue weighted by Crippen LogP contribution is 1.91. The van der Waals surface area contributed by atoms with Crippen molar-refractivity contribution in [3.63, 3.8) is 0 Å². The first-order valence-corrected chi connectivity index (χ1v) is 4.11. The summed E-state index contributed by atoms with van der Waals surface area (Å²) in [4.78, 5) is 7.35. The number of nitrogens with zero attached hydrogens (tertiary/aromatic N) is 2. The lowest BCUT2D eigenvalue weighted by Gasteiger charge is -1.70. The Balaban J connectivity index is 0.000000112. The summed E-state index contributed by atoms with van der Waals surface area (Å²) in [6.07, 6.45) is 4.88. The molecule has 2 nitrogen and oxygen atoms in total. The molecule has 3 heteroatoms. The molecule has 0 aliphatic carbocycles. The highest BCUT2D eigenvalue weighted by Gasteiger charge is 1.59. The van der Waals surface area contributed by atoms with Gasteiger partial charge in [0, 0.05) is 12.4 Å². The van der Waals surface area contributed by atoms with Crippen LogP contribution in [0.2, 0.25) is 0 Å². The first-order valence-electron chi connectivity index (χ1n) is 3.17. The van der Waals surface area contributed by atoms with Crippen molar-refractivity contribution in [2.24, 2.45) is 0 Å². The average molecular weight is 164 g/mol. The lowest BCUT2D eigenvalue weighted by atomic mass is 10.7. The van der Waals surface area contributed by atoms with Crippen LogP contribution in [-0.4, -0.2) is 9.97 Å². The zero-order chi connectivity index (χ0) is 7.78. The van der Waals surface area contributed by atoms with Crippen LogP contribution in [0.25, 0.3) is 0 Å². The van der Waals surface area contributed by atoms with Gasteiger partial charge >= 0.3 is 0 Å². The van der Waals surface area contributed by atoms with Crippen LogP contribution in [0.1, 0.15) is 0 Å². The molecule has 0 aliphatic heterocycles. The number of thiophene rings is 1. The van der Waals surface area contributed by atoms with E-state index in [-0.39, 0.29) is 0 Å². The molecule has 2 rings (SSSR count). The lowest BCUT2D eigenvalue weighted by Crippen LogP contribution is -1.66. The molecule has 0 radical (unpaired) electrons. The zero-order valence-corrected chi connectivity index (χ0v) is 6.74. The van der Waals surface area contributed by atoms with E-state index < -0.39 is 0 Å². The summed E-state index contributed by atoms with van der Waals surface area (Å²) in [6.45, 7) is 0. The number of hydrogen-bond acceptors (Lipinski definition) is 3. The molecular weight excluding hydrogens is 156 g/mol. The SMILES string of the molecule is c1ccsc1.c1cncnc1. The molecule has 0 N–H and O–H groups in total. The largest absolute Gasteiger partial charge is 0.245 e. The normalized spacial score (nSPS) is 8.00. The van der Waals surface area contributed by atoms with Crippen LogP contribution in [0.4, 0.5) is 0 Å². The molecule has 0 aromatic carbocycles. The number of rotatable bonds is 0. The van der Waals surface area contributed by atoms with E-state index in [0.29, 0.717) is 0 Å². The maximum atomic E-state index is 3.67. The van der Waals surface area contributed by atoms with Gasteiger partial charge in [0.2, 0.25) is 0 Å². The molecule has 0 amide bonds. The van der Waals surface area contributed by atoms with Crippen molar-refractivity contribution in [2.75, 3.05) is 0 Å². The summed E-state index contributed by atoms with van der Waals surface area (Å²) in [5, 5.41) is 4.08. The Morgan fingerprint density at radius 2 is 1.45 bits per heavy atom. The van der Waals surface area contributed by atoms with Gasteiger partial charge < -0.3 is 0 Å². The first-order chi connectivity index (χ1) is 5.50. The standard InChI is InChI=1S/C4H4N2.C4H4S/c1-2-5-4-6-3-1;1-2-4-5-3-1/h1-4H;1-4H. The lowest BCUT2D eigenvalue weighted by molar-refractivity contribution is 1.17. The number of hydrogen-bond donors (Lipinski definition) is 0. The molecule has 0 spiro atoms. The van der Waals surface area contributed by atoms with Gasteiger partial charge in [0.05, 0.1) is 0 Å².